The standard InChI is InChI=1S/C37H54N2O2/c1-34(2,3)26-14-24(32(40)28(18-26)36(7,8)9)20-38-30-16-23-13-22(30)17-31(23)39-21-25-15-27(35(4,5)6)19-29(33(25)41)37(10,11)12/h14-15,18-23,30-31,40-41H,13,16-17H2,1-12H3/t22-,23-,30-,31-/m1/s1. The molecule has 2 aliphatic carbocycles. The molecule has 4 heteroatoms. The van der Waals surface area contributed by atoms with Crippen LogP contribution < -0.4 is 0 Å². The van der Waals surface area contributed by atoms with Crippen LogP contribution in [0.25, 0.3) is 0 Å². The van der Waals surface area contributed by atoms with Gasteiger partial charge in [0.2, 0.25) is 0 Å². The zero-order valence-corrected chi connectivity index (χ0v) is 27.7. The summed E-state index contributed by atoms with van der Waals surface area (Å²) in [5.41, 5.74) is 5.71. The van der Waals surface area contributed by atoms with E-state index in [2.05, 4.69) is 107 Å². The molecule has 2 aromatic carbocycles. The lowest BCUT2D eigenvalue weighted by Gasteiger charge is -2.27. The highest BCUT2D eigenvalue weighted by Crippen LogP contribution is 2.48. The fourth-order valence-electron chi connectivity index (χ4n) is 6.45. The predicted molar refractivity (Wildman–Crippen MR) is 175 cm³/mol. The first-order valence-corrected chi connectivity index (χ1v) is 15.5. The molecule has 2 N–H and O–H groups in total. The van der Waals surface area contributed by atoms with E-state index in [0.29, 0.717) is 23.3 Å². The van der Waals surface area contributed by atoms with Gasteiger partial charge in [0.25, 0.3) is 0 Å². The van der Waals surface area contributed by atoms with E-state index in [1.54, 1.807) is 0 Å². The molecule has 2 aliphatic rings. The van der Waals surface area contributed by atoms with Crippen molar-refractivity contribution in [3.05, 3.63) is 57.6 Å². The summed E-state index contributed by atoms with van der Waals surface area (Å²) in [6, 6.07) is 9.08. The van der Waals surface area contributed by atoms with Crippen LogP contribution in [0.4, 0.5) is 0 Å². The van der Waals surface area contributed by atoms with Crippen molar-refractivity contribution in [1.82, 2.24) is 0 Å². The number of phenolic OH excluding ortho intramolecular Hbond substituents is 2. The van der Waals surface area contributed by atoms with E-state index in [1.807, 2.05) is 12.4 Å². The minimum atomic E-state index is -0.153. The number of rotatable bonds is 4. The van der Waals surface area contributed by atoms with Crippen LogP contribution in [0.5, 0.6) is 11.5 Å². The van der Waals surface area contributed by atoms with Gasteiger partial charge in [-0.2, -0.15) is 0 Å². The van der Waals surface area contributed by atoms with Gasteiger partial charge >= 0.3 is 0 Å². The lowest BCUT2D eigenvalue weighted by molar-refractivity contribution is 0.379. The highest BCUT2D eigenvalue weighted by atomic mass is 16.3. The summed E-state index contributed by atoms with van der Waals surface area (Å²) >= 11 is 0. The van der Waals surface area contributed by atoms with E-state index >= 15 is 0 Å². The SMILES string of the molecule is CC(C)(C)c1cc(C=N[C@@H]2C[C@H]3C[C@@H]2C[C@H]3N=Cc2cc(C(C)(C)C)cc(C(C)(C)C)c2O)c(O)c(C(C)(C)C)c1. The Kier molecular flexibility index (Phi) is 8.08. The summed E-state index contributed by atoms with van der Waals surface area (Å²) in [4.78, 5) is 10.1. The third-order valence-electron chi connectivity index (χ3n) is 9.22. The Balaban J connectivity index is 1.54. The van der Waals surface area contributed by atoms with Crippen LogP contribution in [0.1, 0.15) is 136 Å². The third kappa shape index (κ3) is 6.73. The molecule has 2 saturated carbocycles. The quantitative estimate of drug-likeness (QED) is 0.368. The average Bonchev–Trinajstić information content (AvgIpc) is 3.40. The number of hydrogen-bond donors (Lipinski definition) is 2. The van der Waals surface area contributed by atoms with Gasteiger partial charge in [0.05, 0.1) is 12.1 Å². The van der Waals surface area contributed by atoms with E-state index in [9.17, 15) is 10.2 Å². The van der Waals surface area contributed by atoms with Crippen LogP contribution >= 0.6 is 0 Å². The maximum atomic E-state index is 11.2. The first-order chi connectivity index (χ1) is 18.7. The minimum absolute atomic E-state index is 0.0115. The van der Waals surface area contributed by atoms with Crippen LogP contribution in [-0.4, -0.2) is 34.7 Å². The minimum Gasteiger partial charge on any atom is -0.507 e. The highest BCUT2D eigenvalue weighted by Gasteiger charge is 2.45. The van der Waals surface area contributed by atoms with Gasteiger partial charge < -0.3 is 10.2 Å². The van der Waals surface area contributed by atoms with Crippen LogP contribution in [-0.2, 0) is 21.7 Å². The Morgan fingerprint density at radius 2 is 0.878 bits per heavy atom. The van der Waals surface area contributed by atoms with Crippen molar-refractivity contribution in [2.24, 2.45) is 21.8 Å². The molecule has 224 valence electrons. The molecule has 4 rings (SSSR count). The molecule has 0 aliphatic heterocycles. The van der Waals surface area contributed by atoms with Crippen LogP contribution in [0.15, 0.2) is 34.3 Å². The number of benzene rings is 2. The summed E-state index contributed by atoms with van der Waals surface area (Å²) in [5, 5.41) is 22.3. The summed E-state index contributed by atoms with van der Waals surface area (Å²) in [6.45, 7) is 26.2. The van der Waals surface area contributed by atoms with E-state index in [1.165, 1.54) is 11.1 Å². The second-order valence-corrected chi connectivity index (χ2v) is 16.8. The Morgan fingerprint density at radius 1 is 0.537 bits per heavy atom. The number of nitrogens with zero attached hydrogens (tertiary/aromatic N) is 2. The van der Waals surface area contributed by atoms with E-state index in [0.717, 1.165) is 41.5 Å². The molecular formula is C37H54N2O2. The van der Waals surface area contributed by atoms with E-state index in [-0.39, 0.29) is 33.7 Å². The highest BCUT2D eigenvalue weighted by molar-refractivity contribution is 5.86. The lowest BCUT2D eigenvalue weighted by Crippen LogP contribution is -2.23. The summed E-state index contributed by atoms with van der Waals surface area (Å²) in [6.07, 6.45) is 7.04. The largest absolute Gasteiger partial charge is 0.507 e. The molecule has 0 aromatic heterocycles. The first-order valence-electron chi connectivity index (χ1n) is 15.5. The molecule has 0 amide bonds. The molecule has 2 aromatic rings. The molecule has 0 saturated heterocycles. The third-order valence-corrected chi connectivity index (χ3v) is 9.22. The topological polar surface area (TPSA) is 65.2 Å². The average molecular weight is 559 g/mol. The van der Waals surface area contributed by atoms with Gasteiger partial charge in [0, 0.05) is 34.7 Å². The van der Waals surface area contributed by atoms with Crippen LogP contribution in [0, 0.1) is 11.8 Å². The molecule has 0 heterocycles. The maximum Gasteiger partial charge on any atom is 0.128 e. The van der Waals surface area contributed by atoms with Crippen molar-refractivity contribution in [1.29, 1.82) is 0 Å². The molecule has 2 fully saturated rings. The van der Waals surface area contributed by atoms with Gasteiger partial charge in [0.1, 0.15) is 11.5 Å². The Hall–Kier alpha value is -2.62. The first kappa shape index (κ1) is 31.3. The molecule has 2 bridgehead atoms. The van der Waals surface area contributed by atoms with Crippen molar-refractivity contribution in [2.75, 3.05) is 0 Å². The van der Waals surface area contributed by atoms with Gasteiger partial charge in [-0.25, -0.2) is 0 Å². The van der Waals surface area contributed by atoms with Gasteiger partial charge in [-0.1, -0.05) is 95.2 Å². The number of hydrogen-bond acceptors (Lipinski definition) is 4. The fraction of sp³-hybridized carbons (Fsp3) is 0.622. The van der Waals surface area contributed by atoms with Gasteiger partial charge in [-0.05, 0) is 76.0 Å². The van der Waals surface area contributed by atoms with E-state index in [4.69, 9.17) is 9.98 Å². The normalized spacial score (nSPS) is 23.8. The summed E-state index contributed by atoms with van der Waals surface area (Å²) < 4.78 is 0. The van der Waals surface area contributed by atoms with Crippen molar-refractivity contribution in [3.63, 3.8) is 0 Å². The number of fused-ring (bicyclic) bond motifs is 2. The summed E-state index contributed by atoms with van der Waals surface area (Å²) in [5.74, 6) is 1.72. The van der Waals surface area contributed by atoms with Crippen molar-refractivity contribution in [2.45, 2.75) is 136 Å². The zero-order valence-electron chi connectivity index (χ0n) is 27.7. The van der Waals surface area contributed by atoms with Gasteiger partial charge in [0.15, 0.2) is 0 Å². The number of phenols is 2. The molecule has 0 radical (unpaired) electrons. The number of aliphatic imine (C=N–C) groups is 2. The lowest BCUT2D eigenvalue weighted by atomic mass is 9.79. The molecule has 41 heavy (non-hydrogen) atoms. The molecule has 0 unspecified atom stereocenters. The smallest absolute Gasteiger partial charge is 0.128 e. The van der Waals surface area contributed by atoms with Crippen molar-refractivity contribution < 1.29 is 10.2 Å². The number of aromatic hydroxyl groups is 2. The monoisotopic (exact) mass is 558 g/mol. The Bertz CT molecular complexity index is 1240. The second kappa shape index (κ2) is 10.6. The van der Waals surface area contributed by atoms with Crippen molar-refractivity contribution in [3.8, 4) is 11.5 Å². The molecular weight excluding hydrogens is 504 g/mol. The van der Waals surface area contributed by atoms with Gasteiger partial charge in [-0.3, -0.25) is 9.98 Å². The van der Waals surface area contributed by atoms with Crippen LogP contribution in [0.2, 0.25) is 0 Å². The fourth-order valence-corrected chi connectivity index (χ4v) is 6.45. The molecule has 4 atom stereocenters. The maximum absolute atomic E-state index is 11.2. The zero-order chi connectivity index (χ0) is 30.7. The Morgan fingerprint density at radius 3 is 1.15 bits per heavy atom. The van der Waals surface area contributed by atoms with Gasteiger partial charge in [-0.15, -0.1) is 0 Å². The second-order valence-electron chi connectivity index (χ2n) is 16.8. The van der Waals surface area contributed by atoms with Crippen molar-refractivity contribution >= 4 is 12.4 Å². The Labute approximate surface area is 249 Å². The summed E-state index contributed by atoms with van der Waals surface area (Å²) in [7, 11) is 0. The molecule has 4 nitrogen and oxygen atoms in total. The predicted octanol–water partition coefficient (Wildman–Crippen LogP) is 8.99. The van der Waals surface area contributed by atoms with E-state index < -0.39 is 0 Å². The molecule has 0 spiro atoms. The van der Waals surface area contributed by atoms with Crippen LogP contribution in [0.3, 0.4) is 0 Å².